The van der Waals surface area contributed by atoms with Crippen LogP contribution in [0.1, 0.15) is 74.1 Å². The summed E-state index contributed by atoms with van der Waals surface area (Å²) in [6.45, 7) is 12.3. The molecular formula is C25H38N4O3. The molecule has 2 amide bonds. The lowest BCUT2D eigenvalue weighted by atomic mass is 9.78. The van der Waals surface area contributed by atoms with Gasteiger partial charge < -0.3 is 15.4 Å². The topological polar surface area (TPSA) is 83.0 Å². The number of benzene rings is 1. The first-order chi connectivity index (χ1) is 15.3. The molecule has 0 spiro atoms. The summed E-state index contributed by atoms with van der Waals surface area (Å²) in [6.07, 6.45) is 4.05. The van der Waals surface area contributed by atoms with Gasteiger partial charge in [0.15, 0.2) is 5.96 Å². The minimum Gasteiger partial charge on any atom is -0.377 e. The molecule has 0 saturated carbocycles. The Morgan fingerprint density at radius 2 is 1.81 bits per heavy atom. The third-order valence-corrected chi connectivity index (χ3v) is 6.11. The van der Waals surface area contributed by atoms with Crippen LogP contribution in [0, 0.1) is 11.3 Å². The largest absolute Gasteiger partial charge is 0.377 e. The van der Waals surface area contributed by atoms with Gasteiger partial charge in [0.05, 0.1) is 17.2 Å². The second kappa shape index (κ2) is 10.9. The maximum Gasteiger partial charge on any atom is 0.261 e. The first-order valence-corrected chi connectivity index (χ1v) is 11.9. The summed E-state index contributed by atoms with van der Waals surface area (Å²) in [5.41, 5.74) is 1.13. The van der Waals surface area contributed by atoms with Crippen LogP contribution in [-0.2, 0) is 4.74 Å². The molecule has 1 saturated heterocycles. The van der Waals surface area contributed by atoms with Crippen LogP contribution in [0.25, 0.3) is 0 Å². The van der Waals surface area contributed by atoms with E-state index >= 15 is 0 Å². The normalized spacial score (nSPS) is 21.6. The second-order valence-corrected chi connectivity index (χ2v) is 9.72. The van der Waals surface area contributed by atoms with Gasteiger partial charge in [-0.15, -0.1) is 0 Å². The first-order valence-electron chi connectivity index (χ1n) is 11.9. The number of nitrogens with zero attached hydrogens (tertiary/aromatic N) is 2. The Hall–Kier alpha value is -2.41. The highest BCUT2D eigenvalue weighted by Crippen LogP contribution is 2.34. The van der Waals surface area contributed by atoms with Gasteiger partial charge in [-0.2, -0.15) is 0 Å². The number of ether oxygens (including phenoxy) is 1. The SMILES string of the molecule is CCNC(=NCC1CCCOC1C(C)(C)C)NCCCCN1C(=O)c2ccccc2C1=O. The predicted molar refractivity (Wildman–Crippen MR) is 127 cm³/mol. The van der Waals surface area contributed by atoms with Crippen LogP contribution >= 0.6 is 0 Å². The van der Waals surface area contributed by atoms with Gasteiger partial charge in [0.2, 0.25) is 0 Å². The molecule has 0 radical (unpaired) electrons. The smallest absolute Gasteiger partial charge is 0.261 e. The number of unbranched alkanes of at least 4 members (excludes halogenated alkanes) is 1. The zero-order chi connectivity index (χ0) is 23.1. The Labute approximate surface area is 192 Å². The fourth-order valence-corrected chi connectivity index (χ4v) is 4.58. The van der Waals surface area contributed by atoms with Gasteiger partial charge in [-0.3, -0.25) is 19.5 Å². The second-order valence-electron chi connectivity index (χ2n) is 9.72. The summed E-state index contributed by atoms with van der Waals surface area (Å²) in [4.78, 5) is 31.1. The van der Waals surface area contributed by atoms with E-state index in [0.29, 0.717) is 23.6 Å². The Kier molecular flexibility index (Phi) is 8.29. The Morgan fingerprint density at radius 1 is 1.12 bits per heavy atom. The summed E-state index contributed by atoms with van der Waals surface area (Å²) in [5.74, 6) is 0.868. The van der Waals surface area contributed by atoms with Crippen molar-refractivity contribution in [2.45, 2.75) is 59.5 Å². The number of carbonyl (C=O) groups excluding carboxylic acids is 2. The number of nitrogens with one attached hydrogen (secondary N) is 2. The van der Waals surface area contributed by atoms with Crippen LogP contribution in [0.5, 0.6) is 0 Å². The van der Waals surface area contributed by atoms with E-state index in [1.165, 1.54) is 4.90 Å². The van der Waals surface area contributed by atoms with Crippen LogP contribution in [-0.4, -0.2) is 61.6 Å². The van der Waals surface area contributed by atoms with E-state index in [1.54, 1.807) is 24.3 Å². The van der Waals surface area contributed by atoms with Gasteiger partial charge in [0, 0.05) is 38.7 Å². The number of rotatable bonds is 8. The molecule has 0 aromatic heterocycles. The molecule has 32 heavy (non-hydrogen) atoms. The van der Waals surface area contributed by atoms with Gasteiger partial charge in [-0.1, -0.05) is 32.9 Å². The van der Waals surface area contributed by atoms with Crippen LogP contribution in [0.3, 0.4) is 0 Å². The molecule has 1 aromatic carbocycles. The van der Waals surface area contributed by atoms with E-state index in [2.05, 4.69) is 38.3 Å². The maximum atomic E-state index is 12.4. The maximum absolute atomic E-state index is 12.4. The van der Waals surface area contributed by atoms with Gasteiger partial charge in [-0.25, -0.2) is 0 Å². The highest BCUT2D eigenvalue weighted by molar-refractivity contribution is 6.21. The van der Waals surface area contributed by atoms with Crippen molar-refractivity contribution in [1.82, 2.24) is 15.5 Å². The number of hydrogen-bond donors (Lipinski definition) is 2. The molecule has 0 bridgehead atoms. The Balaban J connectivity index is 1.45. The van der Waals surface area contributed by atoms with Crippen molar-refractivity contribution >= 4 is 17.8 Å². The number of guanidine groups is 1. The number of carbonyl (C=O) groups is 2. The molecule has 7 nitrogen and oxygen atoms in total. The zero-order valence-corrected chi connectivity index (χ0v) is 19.9. The van der Waals surface area contributed by atoms with Gasteiger partial charge >= 0.3 is 0 Å². The molecule has 2 aliphatic heterocycles. The van der Waals surface area contributed by atoms with Crippen molar-refractivity contribution in [2.75, 3.05) is 32.8 Å². The standard InChI is InChI=1S/C25H38N4O3/c1-5-26-24(28-17-18-11-10-16-32-21(18)25(2,3)4)27-14-8-9-15-29-22(30)19-12-6-7-13-20(19)23(29)31/h6-7,12-13,18,21H,5,8-11,14-17H2,1-4H3,(H2,26,27,28). The molecule has 2 heterocycles. The number of fused-ring (bicyclic) bond motifs is 1. The van der Waals surface area contributed by atoms with Gasteiger partial charge in [-0.05, 0) is 50.2 Å². The van der Waals surface area contributed by atoms with Crippen molar-refractivity contribution in [3.8, 4) is 0 Å². The molecule has 1 fully saturated rings. The third-order valence-electron chi connectivity index (χ3n) is 6.11. The fraction of sp³-hybridized carbons (Fsp3) is 0.640. The van der Waals surface area contributed by atoms with E-state index < -0.39 is 0 Å². The van der Waals surface area contributed by atoms with Crippen LogP contribution in [0.4, 0.5) is 0 Å². The molecule has 7 heteroatoms. The van der Waals surface area contributed by atoms with Crippen molar-refractivity contribution in [1.29, 1.82) is 0 Å². The summed E-state index contributed by atoms with van der Waals surface area (Å²) in [5, 5.41) is 6.70. The van der Waals surface area contributed by atoms with E-state index in [0.717, 1.165) is 57.9 Å². The fourth-order valence-electron chi connectivity index (χ4n) is 4.58. The lowest BCUT2D eigenvalue weighted by Gasteiger charge is -2.39. The van der Waals surface area contributed by atoms with E-state index in [9.17, 15) is 9.59 Å². The van der Waals surface area contributed by atoms with E-state index in [-0.39, 0.29) is 23.3 Å². The molecule has 2 atom stereocenters. The molecule has 2 N–H and O–H groups in total. The highest BCUT2D eigenvalue weighted by atomic mass is 16.5. The quantitative estimate of drug-likeness (QED) is 0.279. The number of aliphatic imine (C=N–C) groups is 1. The summed E-state index contributed by atoms with van der Waals surface area (Å²) < 4.78 is 6.08. The van der Waals surface area contributed by atoms with E-state index in [1.807, 2.05) is 0 Å². The Morgan fingerprint density at radius 3 is 2.44 bits per heavy atom. The summed E-state index contributed by atoms with van der Waals surface area (Å²) >= 11 is 0. The van der Waals surface area contributed by atoms with Crippen molar-refractivity contribution in [3.63, 3.8) is 0 Å². The molecule has 2 aliphatic rings. The summed E-state index contributed by atoms with van der Waals surface area (Å²) in [6, 6.07) is 7.03. The third kappa shape index (κ3) is 5.88. The molecular weight excluding hydrogens is 404 g/mol. The van der Waals surface area contributed by atoms with Gasteiger partial charge in [0.25, 0.3) is 11.8 Å². The predicted octanol–water partition coefficient (Wildman–Crippen LogP) is 3.46. The van der Waals surface area contributed by atoms with Crippen molar-refractivity contribution in [2.24, 2.45) is 16.3 Å². The Bertz CT molecular complexity index is 796. The minimum atomic E-state index is -0.184. The van der Waals surface area contributed by atoms with Crippen molar-refractivity contribution < 1.29 is 14.3 Å². The molecule has 3 rings (SSSR count). The molecule has 176 valence electrons. The van der Waals surface area contributed by atoms with Crippen LogP contribution in [0.15, 0.2) is 29.3 Å². The number of hydrogen-bond acceptors (Lipinski definition) is 4. The lowest BCUT2D eigenvalue weighted by Crippen LogP contribution is -2.43. The number of imide groups is 1. The van der Waals surface area contributed by atoms with Crippen LogP contribution in [0.2, 0.25) is 0 Å². The van der Waals surface area contributed by atoms with E-state index in [4.69, 9.17) is 9.73 Å². The van der Waals surface area contributed by atoms with Gasteiger partial charge in [0.1, 0.15) is 0 Å². The minimum absolute atomic E-state index is 0.108. The van der Waals surface area contributed by atoms with Crippen molar-refractivity contribution in [3.05, 3.63) is 35.4 Å². The average Bonchev–Trinajstić information content (AvgIpc) is 3.01. The molecule has 2 unspecified atom stereocenters. The number of amides is 2. The lowest BCUT2D eigenvalue weighted by molar-refractivity contribution is -0.0823. The molecule has 1 aromatic rings. The highest BCUT2D eigenvalue weighted by Gasteiger charge is 2.35. The first kappa shape index (κ1) is 24.2. The monoisotopic (exact) mass is 442 g/mol. The molecule has 0 aliphatic carbocycles. The average molecular weight is 443 g/mol. The zero-order valence-electron chi connectivity index (χ0n) is 19.9. The summed E-state index contributed by atoms with van der Waals surface area (Å²) in [7, 11) is 0. The van der Waals surface area contributed by atoms with Crippen LogP contribution < -0.4 is 10.6 Å².